The Morgan fingerprint density at radius 3 is 2.74 bits per heavy atom. The highest BCUT2D eigenvalue weighted by Crippen LogP contribution is 2.22. The number of nitrogens with zero attached hydrogens (tertiary/aromatic N) is 3. The maximum Gasteiger partial charge on any atom is 0.358 e. The van der Waals surface area contributed by atoms with Crippen molar-refractivity contribution < 1.29 is 14.6 Å². The number of carbonyl (C=O) groups is 1. The van der Waals surface area contributed by atoms with Crippen LogP contribution in [0, 0.1) is 6.92 Å². The third-order valence-corrected chi connectivity index (χ3v) is 2.92. The quantitative estimate of drug-likeness (QED) is 0.908. The summed E-state index contributed by atoms with van der Waals surface area (Å²) in [6.07, 6.45) is 0.541. The minimum absolute atomic E-state index is 0.00373. The van der Waals surface area contributed by atoms with E-state index in [1.54, 1.807) is 11.8 Å². The van der Waals surface area contributed by atoms with Crippen LogP contribution in [0.25, 0.3) is 5.69 Å². The fourth-order valence-electron chi connectivity index (χ4n) is 1.99. The Morgan fingerprint density at radius 2 is 2.21 bits per heavy atom. The second-order valence-electron chi connectivity index (χ2n) is 4.11. The van der Waals surface area contributed by atoms with Crippen LogP contribution in [0.3, 0.4) is 0 Å². The van der Waals surface area contributed by atoms with Gasteiger partial charge in [-0.1, -0.05) is 12.1 Å². The number of carboxylic acids is 1. The number of aromatic nitrogens is 3. The van der Waals surface area contributed by atoms with Crippen LogP contribution < -0.4 is 4.74 Å². The summed E-state index contributed by atoms with van der Waals surface area (Å²) in [6, 6.07) is 5.54. The summed E-state index contributed by atoms with van der Waals surface area (Å²) in [5, 5.41) is 16.7. The minimum atomic E-state index is -1.06. The predicted octanol–water partition coefficient (Wildman–Crippen LogP) is 1.84. The van der Waals surface area contributed by atoms with Gasteiger partial charge < -0.3 is 9.84 Å². The average molecular weight is 261 g/mol. The standard InChI is InChI=1S/C13H15N3O3/c1-4-10-12(13(17)18)14-15-16(10)9-5-6-11(19-3)8(2)7-9/h5-7H,4H2,1-3H3,(H,17,18). The number of rotatable bonds is 4. The van der Waals surface area contributed by atoms with Crippen molar-refractivity contribution >= 4 is 5.97 Å². The first-order chi connectivity index (χ1) is 9.08. The largest absolute Gasteiger partial charge is 0.496 e. The maximum absolute atomic E-state index is 11.1. The third kappa shape index (κ3) is 2.29. The molecule has 19 heavy (non-hydrogen) atoms. The first-order valence-electron chi connectivity index (χ1n) is 5.91. The number of methoxy groups -OCH3 is 1. The van der Waals surface area contributed by atoms with E-state index >= 15 is 0 Å². The van der Waals surface area contributed by atoms with Crippen LogP contribution in [-0.2, 0) is 6.42 Å². The fourth-order valence-corrected chi connectivity index (χ4v) is 1.99. The molecule has 0 amide bonds. The molecule has 2 rings (SSSR count). The van der Waals surface area contributed by atoms with Crippen molar-refractivity contribution in [2.24, 2.45) is 0 Å². The molecule has 0 aliphatic rings. The van der Waals surface area contributed by atoms with Crippen LogP contribution in [0.1, 0.15) is 28.7 Å². The molecule has 0 radical (unpaired) electrons. The highest BCUT2D eigenvalue weighted by Gasteiger charge is 2.18. The molecule has 1 heterocycles. The van der Waals surface area contributed by atoms with Gasteiger partial charge >= 0.3 is 5.97 Å². The number of benzene rings is 1. The van der Waals surface area contributed by atoms with Crippen molar-refractivity contribution in [3.63, 3.8) is 0 Å². The number of hydrogen-bond acceptors (Lipinski definition) is 4. The van der Waals surface area contributed by atoms with Crippen LogP contribution in [0.4, 0.5) is 0 Å². The Kier molecular flexibility index (Phi) is 3.50. The monoisotopic (exact) mass is 261 g/mol. The molecule has 0 saturated carbocycles. The highest BCUT2D eigenvalue weighted by molar-refractivity contribution is 5.86. The Hall–Kier alpha value is -2.37. The zero-order valence-electron chi connectivity index (χ0n) is 11.0. The second kappa shape index (κ2) is 5.09. The molecule has 0 aliphatic carbocycles. The molecule has 1 aromatic heterocycles. The van der Waals surface area contributed by atoms with Gasteiger partial charge in [0.15, 0.2) is 5.69 Å². The Bertz CT molecular complexity index is 620. The lowest BCUT2D eigenvalue weighted by Crippen LogP contribution is -2.06. The van der Waals surface area contributed by atoms with Gasteiger partial charge in [0.05, 0.1) is 18.5 Å². The number of ether oxygens (including phenoxy) is 1. The van der Waals surface area contributed by atoms with Crippen molar-refractivity contribution in [3.05, 3.63) is 35.2 Å². The number of aryl methyl sites for hydroxylation is 1. The normalized spacial score (nSPS) is 10.5. The average Bonchev–Trinajstić information content (AvgIpc) is 2.82. The van der Waals surface area contributed by atoms with E-state index in [0.717, 1.165) is 17.0 Å². The summed E-state index contributed by atoms with van der Waals surface area (Å²) < 4.78 is 6.75. The van der Waals surface area contributed by atoms with Gasteiger partial charge in [-0.2, -0.15) is 0 Å². The van der Waals surface area contributed by atoms with Gasteiger partial charge in [0.25, 0.3) is 0 Å². The van der Waals surface area contributed by atoms with Gasteiger partial charge in [0, 0.05) is 0 Å². The van der Waals surface area contributed by atoms with Gasteiger partial charge in [-0.15, -0.1) is 5.10 Å². The molecule has 6 nitrogen and oxygen atoms in total. The molecule has 0 atom stereocenters. The van der Waals surface area contributed by atoms with Crippen LogP contribution in [0.15, 0.2) is 18.2 Å². The Labute approximate surface area is 110 Å². The SMILES string of the molecule is CCc1c(C(=O)O)nnn1-c1ccc(OC)c(C)c1. The van der Waals surface area contributed by atoms with E-state index in [2.05, 4.69) is 10.3 Å². The molecule has 6 heteroatoms. The smallest absolute Gasteiger partial charge is 0.358 e. The molecule has 0 spiro atoms. The van der Waals surface area contributed by atoms with E-state index in [9.17, 15) is 4.79 Å². The molecule has 0 saturated heterocycles. The topological polar surface area (TPSA) is 77.2 Å². The lowest BCUT2D eigenvalue weighted by atomic mass is 10.2. The van der Waals surface area contributed by atoms with E-state index in [1.807, 2.05) is 32.0 Å². The van der Waals surface area contributed by atoms with Crippen molar-refractivity contribution in [2.75, 3.05) is 7.11 Å². The van der Waals surface area contributed by atoms with Gasteiger partial charge in [0.2, 0.25) is 0 Å². The minimum Gasteiger partial charge on any atom is -0.496 e. The van der Waals surface area contributed by atoms with Gasteiger partial charge in [-0.05, 0) is 37.1 Å². The molecular weight excluding hydrogens is 246 g/mol. The summed E-state index contributed by atoms with van der Waals surface area (Å²) in [5.41, 5.74) is 2.30. The van der Waals surface area contributed by atoms with Crippen molar-refractivity contribution in [1.82, 2.24) is 15.0 Å². The lowest BCUT2D eigenvalue weighted by Gasteiger charge is -2.09. The molecule has 100 valence electrons. The molecule has 0 bridgehead atoms. The second-order valence-corrected chi connectivity index (χ2v) is 4.11. The number of hydrogen-bond donors (Lipinski definition) is 1. The third-order valence-electron chi connectivity index (χ3n) is 2.92. The maximum atomic E-state index is 11.1. The summed E-state index contributed by atoms with van der Waals surface area (Å²) >= 11 is 0. The molecule has 2 aromatic rings. The molecular formula is C13H15N3O3. The van der Waals surface area contributed by atoms with Crippen molar-refractivity contribution in [2.45, 2.75) is 20.3 Å². The first kappa shape index (κ1) is 13.1. The lowest BCUT2D eigenvalue weighted by molar-refractivity contribution is 0.0689. The van der Waals surface area contributed by atoms with E-state index in [4.69, 9.17) is 9.84 Å². The van der Waals surface area contributed by atoms with Gasteiger partial charge in [-0.25, -0.2) is 9.48 Å². The van der Waals surface area contributed by atoms with Gasteiger partial charge in [-0.3, -0.25) is 0 Å². The molecule has 1 N–H and O–H groups in total. The number of aromatic carboxylic acids is 1. The van der Waals surface area contributed by atoms with Crippen molar-refractivity contribution in [3.8, 4) is 11.4 Å². The summed E-state index contributed by atoms with van der Waals surface area (Å²) in [6.45, 7) is 3.79. The fraction of sp³-hybridized carbons (Fsp3) is 0.308. The van der Waals surface area contributed by atoms with Crippen LogP contribution >= 0.6 is 0 Å². The van der Waals surface area contributed by atoms with E-state index in [1.165, 1.54) is 0 Å². The van der Waals surface area contributed by atoms with E-state index < -0.39 is 5.97 Å². The molecule has 0 fully saturated rings. The first-order valence-corrected chi connectivity index (χ1v) is 5.91. The van der Waals surface area contributed by atoms with Crippen molar-refractivity contribution in [1.29, 1.82) is 0 Å². The van der Waals surface area contributed by atoms with Crippen LogP contribution in [-0.4, -0.2) is 33.2 Å². The van der Waals surface area contributed by atoms with Crippen LogP contribution in [0.5, 0.6) is 5.75 Å². The summed E-state index contributed by atoms with van der Waals surface area (Å²) in [7, 11) is 1.61. The van der Waals surface area contributed by atoms with E-state index in [0.29, 0.717) is 12.1 Å². The molecule has 1 aromatic carbocycles. The summed E-state index contributed by atoms with van der Waals surface area (Å²) in [4.78, 5) is 11.1. The number of carboxylic acid groups (broad SMARTS) is 1. The highest BCUT2D eigenvalue weighted by atomic mass is 16.5. The molecule has 0 aliphatic heterocycles. The van der Waals surface area contributed by atoms with Crippen LogP contribution in [0.2, 0.25) is 0 Å². The van der Waals surface area contributed by atoms with E-state index in [-0.39, 0.29) is 5.69 Å². The summed E-state index contributed by atoms with van der Waals surface area (Å²) in [5.74, 6) is -0.284. The Balaban J connectivity index is 2.53. The van der Waals surface area contributed by atoms with Gasteiger partial charge in [0.1, 0.15) is 5.75 Å². The molecule has 0 unspecified atom stereocenters. The zero-order valence-corrected chi connectivity index (χ0v) is 11.0. The predicted molar refractivity (Wildman–Crippen MR) is 69.0 cm³/mol. The Morgan fingerprint density at radius 1 is 1.47 bits per heavy atom. The zero-order chi connectivity index (χ0) is 14.0.